The summed E-state index contributed by atoms with van der Waals surface area (Å²) < 4.78 is 12.9. The van der Waals surface area contributed by atoms with Crippen LogP contribution in [0.2, 0.25) is 0 Å². The van der Waals surface area contributed by atoms with Crippen molar-refractivity contribution in [3.63, 3.8) is 0 Å². The summed E-state index contributed by atoms with van der Waals surface area (Å²) in [7, 11) is 1.80. The second-order valence-corrected chi connectivity index (χ2v) is 2.53. The fourth-order valence-electron chi connectivity index (χ4n) is 0.874. The van der Waals surface area contributed by atoms with Gasteiger partial charge in [0.05, 0.1) is 17.8 Å². The van der Waals surface area contributed by atoms with Crippen molar-refractivity contribution in [3.05, 3.63) is 29.6 Å². The van der Waals surface area contributed by atoms with Gasteiger partial charge >= 0.3 is 0 Å². The van der Waals surface area contributed by atoms with E-state index in [1.807, 2.05) is 0 Å². The minimum Gasteiger partial charge on any atom is -0.395 e. The maximum Gasteiger partial charge on any atom is 0.147 e. The Morgan fingerprint density at radius 3 is 3.00 bits per heavy atom. The maximum absolute atomic E-state index is 12.9. The summed E-state index contributed by atoms with van der Waals surface area (Å²) in [6, 6.07) is 4.61. The molecule has 0 atom stereocenters. The zero-order chi connectivity index (χ0) is 9.68. The summed E-state index contributed by atoms with van der Waals surface area (Å²) in [4.78, 5) is 0. The van der Waals surface area contributed by atoms with Crippen LogP contribution in [0.5, 0.6) is 0 Å². The molecule has 0 aliphatic heterocycles. The van der Waals surface area contributed by atoms with Gasteiger partial charge in [-0.2, -0.15) is 0 Å². The van der Waals surface area contributed by atoms with E-state index in [0.717, 1.165) is 0 Å². The standard InChI is InChI=1S/C10H11FN2/c1-13-7-3-5-8-4-2-6-9(11)10(8)12/h2,4,6,13H,7,12H2,1H3. The summed E-state index contributed by atoms with van der Waals surface area (Å²) in [6.45, 7) is 0.565. The highest BCUT2D eigenvalue weighted by atomic mass is 19.1. The summed E-state index contributed by atoms with van der Waals surface area (Å²) in [5.74, 6) is 5.17. The molecule has 0 aromatic heterocycles. The molecule has 0 bridgehead atoms. The molecule has 0 radical (unpaired) electrons. The number of nitrogens with two attached hydrogens (primary N) is 1. The van der Waals surface area contributed by atoms with Gasteiger partial charge in [-0.25, -0.2) is 4.39 Å². The van der Waals surface area contributed by atoms with Crippen LogP contribution in [-0.2, 0) is 0 Å². The van der Waals surface area contributed by atoms with Crippen LogP contribution >= 0.6 is 0 Å². The first-order valence-electron chi connectivity index (χ1n) is 3.93. The molecule has 2 nitrogen and oxygen atoms in total. The molecule has 0 fully saturated rings. The lowest BCUT2D eigenvalue weighted by Gasteiger charge is -1.97. The number of nitrogens with one attached hydrogen (secondary N) is 1. The van der Waals surface area contributed by atoms with E-state index in [9.17, 15) is 4.39 Å². The van der Waals surface area contributed by atoms with E-state index in [0.29, 0.717) is 12.1 Å². The first-order chi connectivity index (χ1) is 6.25. The van der Waals surface area contributed by atoms with Gasteiger partial charge in [-0.3, -0.25) is 0 Å². The monoisotopic (exact) mass is 178 g/mol. The first kappa shape index (κ1) is 9.56. The lowest BCUT2D eigenvalue weighted by atomic mass is 10.2. The predicted octanol–water partition coefficient (Wildman–Crippen LogP) is 0.979. The zero-order valence-electron chi connectivity index (χ0n) is 7.39. The van der Waals surface area contributed by atoms with Gasteiger partial charge in [0.1, 0.15) is 5.82 Å². The Labute approximate surface area is 76.9 Å². The van der Waals surface area contributed by atoms with Gasteiger partial charge in [0, 0.05) is 0 Å². The Balaban J connectivity index is 2.91. The number of benzene rings is 1. The Kier molecular flexibility index (Phi) is 3.30. The number of nitrogen functional groups attached to an aromatic ring is 1. The van der Waals surface area contributed by atoms with Gasteiger partial charge in [0.2, 0.25) is 0 Å². The van der Waals surface area contributed by atoms with Crippen molar-refractivity contribution in [2.75, 3.05) is 19.3 Å². The average Bonchev–Trinajstić information content (AvgIpc) is 2.13. The quantitative estimate of drug-likeness (QED) is 0.497. The third kappa shape index (κ3) is 2.46. The second kappa shape index (κ2) is 4.48. The van der Waals surface area contributed by atoms with Crippen molar-refractivity contribution in [2.24, 2.45) is 0 Å². The molecule has 0 heterocycles. The van der Waals surface area contributed by atoms with Crippen LogP contribution in [0.4, 0.5) is 10.1 Å². The molecule has 0 spiro atoms. The van der Waals surface area contributed by atoms with E-state index in [1.54, 1.807) is 19.2 Å². The van der Waals surface area contributed by atoms with Crippen LogP contribution < -0.4 is 11.1 Å². The summed E-state index contributed by atoms with van der Waals surface area (Å²) in [6.07, 6.45) is 0. The van der Waals surface area contributed by atoms with E-state index >= 15 is 0 Å². The van der Waals surface area contributed by atoms with E-state index in [4.69, 9.17) is 5.73 Å². The first-order valence-corrected chi connectivity index (χ1v) is 3.93. The van der Waals surface area contributed by atoms with Crippen LogP contribution in [0, 0.1) is 17.7 Å². The highest BCUT2D eigenvalue weighted by molar-refractivity contribution is 5.56. The van der Waals surface area contributed by atoms with Crippen molar-refractivity contribution in [3.8, 4) is 11.8 Å². The average molecular weight is 178 g/mol. The SMILES string of the molecule is CNCC#Cc1cccc(F)c1N. The van der Waals surface area contributed by atoms with Gasteiger partial charge < -0.3 is 11.1 Å². The predicted molar refractivity (Wildman–Crippen MR) is 51.6 cm³/mol. The van der Waals surface area contributed by atoms with Crippen LogP contribution in [0.25, 0.3) is 0 Å². The number of halogens is 1. The van der Waals surface area contributed by atoms with Gasteiger partial charge in [0.25, 0.3) is 0 Å². The molecule has 0 unspecified atom stereocenters. The lowest BCUT2D eigenvalue weighted by molar-refractivity contribution is 0.632. The maximum atomic E-state index is 12.9. The fourth-order valence-corrected chi connectivity index (χ4v) is 0.874. The molecule has 1 rings (SSSR count). The molecule has 1 aromatic rings. The molecular weight excluding hydrogens is 167 g/mol. The molecule has 0 saturated carbocycles. The Morgan fingerprint density at radius 2 is 2.31 bits per heavy atom. The Bertz CT molecular complexity index is 350. The number of anilines is 1. The minimum absolute atomic E-state index is 0.117. The molecule has 68 valence electrons. The Morgan fingerprint density at radius 1 is 1.54 bits per heavy atom. The van der Waals surface area contributed by atoms with Crippen LogP contribution in [0.3, 0.4) is 0 Å². The summed E-state index contributed by atoms with van der Waals surface area (Å²) >= 11 is 0. The smallest absolute Gasteiger partial charge is 0.147 e. The van der Waals surface area contributed by atoms with Gasteiger partial charge in [-0.15, -0.1) is 0 Å². The molecular formula is C10H11FN2. The molecule has 3 heteroatoms. The number of hydrogen-bond acceptors (Lipinski definition) is 2. The number of rotatable bonds is 1. The highest BCUT2D eigenvalue weighted by Gasteiger charge is 1.99. The van der Waals surface area contributed by atoms with Crippen molar-refractivity contribution < 1.29 is 4.39 Å². The van der Waals surface area contributed by atoms with E-state index < -0.39 is 5.82 Å². The molecule has 0 saturated heterocycles. The van der Waals surface area contributed by atoms with Crippen molar-refractivity contribution in [1.29, 1.82) is 0 Å². The number of hydrogen-bond donors (Lipinski definition) is 2. The minimum atomic E-state index is -0.420. The van der Waals surface area contributed by atoms with Gasteiger partial charge in [-0.05, 0) is 19.2 Å². The molecule has 1 aromatic carbocycles. The molecule has 3 N–H and O–H groups in total. The van der Waals surface area contributed by atoms with Crippen LogP contribution in [0.15, 0.2) is 18.2 Å². The van der Waals surface area contributed by atoms with Gasteiger partial charge in [0.15, 0.2) is 0 Å². The Hall–Kier alpha value is -1.53. The molecule has 0 aliphatic rings. The van der Waals surface area contributed by atoms with E-state index in [2.05, 4.69) is 17.2 Å². The van der Waals surface area contributed by atoms with Gasteiger partial charge in [-0.1, -0.05) is 17.9 Å². The summed E-state index contributed by atoms with van der Waals surface area (Å²) in [5.41, 5.74) is 6.12. The summed E-state index contributed by atoms with van der Waals surface area (Å²) in [5, 5.41) is 2.86. The topological polar surface area (TPSA) is 38.0 Å². The van der Waals surface area contributed by atoms with E-state index in [1.165, 1.54) is 6.07 Å². The number of para-hydroxylation sites is 1. The molecule has 0 aliphatic carbocycles. The van der Waals surface area contributed by atoms with Crippen molar-refractivity contribution in [2.45, 2.75) is 0 Å². The third-order valence-corrected chi connectivity index (χ3v) is 1.54. The molecule has 0 amide bonds. The van der Waals surface area contributed by atoms with Crippen LogP contribution in [0.1, 0.15) is 5.56 Å². The largest absolute Gasteiger partial charge is 0.395 e. The van der Waals surface area contributed by atoms with Crippen molar-refractivity contribution >= 4 is 5.69 Å². The molecule has 13 heavy (non-hydrogen) atoms. The second-order valence-electron chi connectivity index (χ2n) is 2.53. The van der Waals surface area contributed by atoms with Crippen molar-refractivity contribution in [1.82, 2.24) is 5.32 Å². The van der Waals surface area contributed by atoms with E-state index in [-0.39, 0.29) is 5.69 Å². The normalized spacial score (nSPS) is 9.08. The highest BCUT2D eigenvalue weighted by Crippen LogP contribution is 2.13. The third-order valence-electron chi connectivity index (χ3n) is 1.54. The zero-order valence-corrected chi connectivity index (χ0v) is 7.39. The fraction of sp³-hybridized carbons (Fsp3) is 0.200. The van der Waals surface area contributed by atoms with Crippen LogP contribution in [-0.4, -0.2) is 13.6 Å². The lowest BCUT2D eigenvalue weighted by Crippen LogP contribution is -2.04.